The molecule has 0 unspecified atom stereocenters. The Morgan fingerprint density at radius 3 is 2.88 bits per heavy atom. The molecule has 1 aromatic carbocycles. The van der Waals surface area contributed by atoms with Crippen LogP contribution in [0.1, 0.15) is 24.8 Å². The zero-order valence-electron chi connectivity index (χ0n) is 9.83. The van der Waals surface area contributed by atoms with Crippen molar-refractivity contribution < 1.29 is 9.53 Å². The van der Waals surface area contributed by atoms with Crippen LogP contribution in [0.4, 0.5) is 0 Å². The molecule has 1 saturated carbocycles. The highest BCUT2D eigenvalue weighted by molar-refractivity contribution is 9.10. The summed E-state index contributed by atoms with van der Waals surface area (Å²) in [5.41, 5.74) is 0.924. The number of rotatable bonds is 4. The van der Waals surface area contributed by atoms with Crippen molar-refractivity contribution in [2.24, 2.45) is 0 Å². The van der Waals surface area contributed by atoms with Gasteiger partial charge in [0, 0.05) is 16.1 Å². The van der Waals surface area contributed by atoms with Crippen molar-refractivity contribution in [3.8, 4) is 5.75 Å². The molecule has 0 atom stereocenters. The highest BCUT2D eigenvalue weighted by Gasteiger charge is 2.19. The highest BCUT2D eigenvalue weighted by atomic mass is 79.9. The predicted molar refractivity (Wildman–Crippen MR) is 70.2 cm³/mol. The number of methoxy groups -OCH3 is 1. The van der Waals surface area contributed by atoms with E-state index in [0.717, 1.165) is 28.6 Å². The number of amides is 1. The molecule has 0 saturated heterocycles. The summed E-state index contributed by atoms with van der Waals surface area (Å²) in [6, 6.07) is 6.12. The minimum atomic E-state index is 0.0790. The minimum absolute atomic E-state index is 0.0790. The van der Waals surface area contributed by atoms with Gasteiger partial charge in [-0.05, 0) is 31.4 Å². The lowest BCUT2D eigenvalue weighted by atomic mass is 9.93. The second-order valence-corrected chi connectivity index (χ2v) is 5.24. The van der Waals surface area contributed by atoms with Crippen molar-refractivity contribution in [3.63, 3.8) is 0 Å². The van der Waals surface area contributed by atoms with Gasteiger partial charge in [0.05, 0.1) is 13.5 Å². The van der Waals surface area contributed by atoms with E-state index in [1.165, 1.54) is 6.42 Å². The molecule has 1 N–H and O–H groups in total. The molecule has 3 nitrogen and oxygen atoms in total. The molecule has 2 rings (SSSR count). The lowest BCUT2D eigenvalue weighted by molar-refractivity contribution is -0.121. The quantitative estimate of drug-likeness (QED) is 0.928. The number of carbonyl (C=O) groups excluding carboxylic acids is 1. The van der Waals surface area contributed by atoms with E-state index in [1.54, 1.807) is 7.11 Å². The first-order valence-electron chi connectivity index (χ1n) is 5.81. The third-order valence-electron chi connectivity index (χ3n) is 3.07. The first kappa shape index (κ1) is 12.4. The van der Waals surface area contributed by atoms with E-state index in [4.69, 9.17) is 4.74 Å². The second-order valence-electron chi connectivity index (χ2n) is 4.33. The summed E-state index contributed by atoms with van der Waals surface area (Å²) in [7, 11) is 1.62. The molecule has 0 aromatic heterocycles. The number of halogens is 1. The fourth-order valence-electron chi connectivity index (χ4n) is 1.87. The Hall–Kier alpha value is -1.03. The maximum atomic E-state index is 11.8. The van der Waals surface area contributed by atoms with Crippen molar-refractivity contribution >= 4 is 21.8 Å². The largest absolute Gasteiger partial charge is 0.496 e. The average Bonchev–Trinajstić information content (AvgIpc) is 2.26. The average molecular weight is 298 g/mol. The summed E-state index contributed by atoms with van der Waals surface area (Å²) < 4.78 is 6.22. The molecule has 92 valence electrons. The number of carbonyl (C=O) groups is 1. The van der Waals surface area contributed by atoms with E-state index in [1.807, 2.05) is 18.2 Å². The molecule has 0 radical (unpaired) electrons. The summed E-state index contributed by atoms with van der Waals surface area (Å²) >= 11 is 3.38. The van der Waals surface area contributed by atoms with Crippen LogP contribution >= 0.6 is 15.9 Å². The molecule has 1 fully saturated rings. The Kier molecular flexibility index (Phi) is 4.05. The molecule has 0 heterocycles. The molecule has 0 bridgehead atoms. The van der Waals surface area contributed by atoms with Crippen molar-refractivity contribution in [1.29, 1.82) is 0 Å². The van der Waals surface area contributed by atoms with Crippen LogP contribution in [0.2, 0.25) is 0 Å². The van der Waals surface area contributed by atoms with Crippen LogP contribution in [0.15, 0.2) is 22.7 Å². The van der Waals surface area contributed by atoms with Crippen LogP contribution in [-0.2, 0) is 11.2 Å². The number of nitrogens with one attached hydrogen (secondary N) is 1. The van der Waals surface area contributed by atoms with E-state index in [-0.39, 0.29) is 5.91 Å². The lowest BCUT2D eigenvalue weighted by Crippen LogP contribution is -2.40. The first-order valence-corrected chi connectivity index (χ1v) is 6.60. The molecule has 1 amide bonds. The van der Waals surface area contributed by atoms with Gasteiger partial charge in [0.2, 0.25) is 5.91 Å². The van der Waals surface area contributed by atoms with E-state index >= 15 is 0 Å². The maximum Gasteiger partial charge on any atom is 0.224 e. The zero-order valence-corrected chi connectivity index (χ0v) is 11.4. The molecule has 1 aliphatic carbocycles. The lowest BCUT2D eigenvalue weighted by Gasteiger charge is -2.26. The molecule has 1 aromatic rings. The minimum Gasteiger partial charge on any atom is -0.496 e. The molecular formula is C13H16BrNO2. The summed E-state index contributed by atoms with van der Waals surface area (Å²) in [4.78, 5) is 11.8. The van der Waals surface area contributed by atoms with Crippen molar-refractivity contribution in [2.75, 3.05) is 7.11 Å². The van der Waals surface area contributed by atoms with Gasteiger partial charge in [-0.2, -0.15) is 0 Å². The molecule has 0 aliphatic heterocycles. The van der Waals surface area contributed by atoms with Gasteiger partial charge in [-0.1, -0.05) is 22.0 Å². The standard InChI is InChI=1S/C13H16BrNO2/c1-17-12-8-10(14)6-5-9(12)7-13(16)15-11-3-2-4-11/h5-6,8,11H,2-4,7H2,1H3,(H,15,16). The molecular weight excluding hydrogens is 282 g/mol. The van der Waals surface area contributed by atoms with Crippen LogP contribution in [0.25, 0.3) is 0 Å². The van der Waals surface area contributed by atoms with E-state index < -0.39 is 0 Å². The predicted octanol–water partition coefficient (Wildman–Crippen LogP) is 2.67. The molecule has 1 aliphatic rings. The Balaban J connectivity index is 1.99. The normalized spacial score (nSPS) is 15.2. The Labute approximate surface area is 110 Å². The van der Waals surface area contributed by atoms with Crippen LogP contribution in [0.5, 0.6) is 5.75 Å². The van der Waals surface area contributed by atoms with Gasteiger partial charge in [-0.15, -0.1) is 0 Å². The second kappa shape index (κ2) is 5.54. The first-order chi connectivity index (χ1) is 8.19. The van der Waals surface area contributed by atoms with Crippen molar-refractivity contribution in [1.82, 2.24) is 5.32 Å². The van der Waals surface area contributed by atoms with Gasteiger partial charge < -0.3 is 10.1 Å². The smallest absolute Gasteiger partial charge is 0.224 e. The summed E-state index contributed by atoms with van der Waals surface area (Å²) in [5, 5.41) is 3.02. The van der Waals surface area contributed by atoms with Gasteiger partial charge in [-0.3, -0.25) is 4.79 Å². The fourth-order valence-corrected chi connectivity index (χ4v) is 2.21. The summed E-state index contributed by atoms with van der Waals surface area (Å²) in [5.74, 6) is 0.832. The van der Waals surface area contributed by atoms with Crippen LogP contribution < -0.4 is 10.1 Å². The number of ether oxygens (including phenoxy) is 1. The molecule has 4 heteroatoms. The number of hydrogen-bond donors (Lipinski definition) is 1. The van der Waals surface area contributed by atoms with Crippen molar-refractivity contribution in [2.45, 2.75) is 31.7 Å². The number of benzene rings is 1. The fraction of sp³-hybridized carbons (Fsp3) is 0.462. The Bertz CT molecular complexity index is 416. The number of hydrogen-bond acceptors (Lipinski definition) is 2. The molecule has 0 spiro atoms. The summed E-state index contributed by atoms with van der Waals surface area (Å²) in [6.07, 6.45) is 3.84. The van der Waals surface area contributed by atoms with Crippen LogP contribution in [0.3, 0.4) is 0 Å². The van der Waals surface area contributed by atoms with Crippen molar-refractivity contribution in [3.05, 3.63) is 28.2 Å². The van der Waals surface area contributed by atoms with Gasteiger partial charge in [0.1, 0.15) is 5.75 Å². The Morgan fingerprint density at radius 1 is 1.53 bits per heavy atom. The van der Waals surface area contributed by atoms with Crippen LogP contribution in [-0.4, -0.2) is 19.1 Å². The third kappa shape index (κ3) is 3.22. The summed E-state index contributed by atoms with van der Waals surface area (Å²) in [6.45, 7) is 0. The van der Waals surface area contributed by atoms with E-state index in [2.05, 4.69) is 21.2 Å². The van der Waals surface area contributed by atoms with Crippen LogP contribution in [0, 0.1) is 0 Å². The SMILES string of the molecule is COc1cc(Br)ccc1CC(=O)NC1CCC1. The van der Waals surface area contributed by atoms with Gasteiger partial charge in [0.25, 0.3) is 0 Å². The zero-order chi connectivity index (χ0) is 12.3. The third-order valence-corrected chi connectivity index (χ3v) is 3.56. The molecule has 17 heavy (non-hydrogen) atoms. The highest BCUT2D eigenvalue weighted by Crippen LogP contribution is 2.24. The monoisotopic (exact) mass is 297 g/mol. The van der Waals surface area contributed by atoms with Gasteiger partial charge in [0.15, 0.2) is 0 Å². The van der Waals surface area contributed by atoms with E-state index in [9.17, 15) is 4.79 Å². The van der Waals surface area contributed by atoms with Gasteiger partial charge in [-0.25, -0.2) is 0 Å². The van der Waals surface area contributed by atoms with E-state index in [0.29, 0.717) is 12.5 Å². The van der Waals surface area contributed by atoms with Gasteiger partial charge >= 0.3 is 0 Å². The Morgan fingerprint density at radius 2 is 2.29 bits per heavy atom. The topological polar surface area (TPSA) is 38.3 Å². The maximum absolute atomic E-state index is 11.8.